The molecule has 0 N–H and O–H groups in total. The fraction of sp³-hybridized carbons (Fsp3) is 0.444. The minimum absolute atomic E-state index is 0.0224. The normalized spacial score (nSPS) is 28.5. The Morgan fingerprint density at radius 1 is 1.23 bits per heavy atom. The molecule has 118 valence electrons. The van der Waals surface area contributed by atoms with E-state index in [2.05, 4.69) is 13.2 Å². The first-order valence-electron chi connectivity index (χ1n) is 7.27. The molecule has 4 nitrogen and oxygen atoms in total. The van der Waals surface area contributed by atoms with Crippen LogP contribution in [0.4, 0.5) is 0 Å². The second-order valence-electron chi connectivity index (χ2n) is 6.07. The number of hydrogen-bond acceptors (Lipinski definition) is 4. The Morgan fingerprint density at radius 3 is 2.23 bits per heavy atom. The van der Waals surface area contributed by atoms with Crippen LogP contribution in [0.2, 0.25) is 0 Å². The SMILES string of the molecule is C=C[C@@]1(C)CC[C@@H](C(=C)C)C2=C1C(=O)C(OC)=C(OC)C2=O. The van der Waals surface area contributed by atoms with Gasteiger partial charge in [0, 0.05) is 22.5 Å². The van der Waals surface area contributed by atoms with Crippen molar-refractivity contribution in [2.45, 2.75) is 26.7 Å². The molecule has 0 saturated heterocycles. The molecule has 0 unspecified atom stereocenters. The maximum Gasteiger partial charge on any atom is 0.228 e. The van der Waals surface area contributed by atoms with E-state index in [0.717, 1.165) is 18.4 Å². The van der Waals surface area contributed by atoms with Crippen LogP contribution in [0.15, 0.2) is 47.5 Å². The first-order chi connectivity index (χ1) is 10.3. The van der Waals surface area contributed by atoms with Gasteiger partial charge >= 0.3 is 0 Å². The van der Waals surface area contributed by atoms with Gasteiger partial charge in [-0.25, -0.2) is 0 Å². The van der Waals surface area contributed by atoms with Crippen molar-refractivity contribution in [2.24, 2.45) is 11.3 Å². The lowest BCUT2D eigenvalue weighted by molar-refractivity contribution is -0.122. The number of rotatable bonds is 4. The monoisotopic (exact) mass is 302 g/mol. The molecule has 0 aliphatic heterocycles. The van der Waals surface area contributed by atoms with E-state index in [1.165, 1.54) is 14.2 Å². The Balaban J connectivity index is 2.76. The molecule has 0 spiro atoms. The molecule has 2 atom stereocenters. The molecule has 0 aromatic rings. The maximum atomic E-state index is 12.9. The summed E-state index contributed by atoms with van der Waals surface area (Å²) in [7, 11) is 2.74. The van der Waals surface area contributed by atoms with Crippen molar-refractivity contribution in [1.82, 2.24) is 0 Å². The van der Waals surface area contributed by atoms with Crippen LogP contribution < -0.4 is 0 Å². The van der Waals surface area contributed by atoms with Gasteiger partial charge < -0.3 is 9.47 Å². The van der Waals surface area contributed by atoms with Crippen LogP contribution in [0.5, 0.6) is 0 Å². The number of Topliss-reactive ketones (excluding diaryl/α,β-unsaturated/α-hetero) is 2. The third-order valence-corrected chi connectivity index (χ3v) is 4.69. The standard InChI is InChI=1S/C18H22O4/c1-7-18(4)9-8-11(10(2)3)12-13(18)15(20)17(22-6)16(21-5)14(12)19/h7,11H,1-2,8-9H2,3-6H3/t11-,18-/m0/s1. The summed E-state index contributed by atoms with van der Waals surface area (Å²) >= 11 is 0. The first kappa shape index (κ1) is 16.3. The second kappa shape index (κ2) is 5.59. The summed E-state index contributed by atoms with van der Waals surface area (Å²) < 4.78 is 10.3. The lowest BCUT2D eigenvalue weighted by Crippen LogP contribution is -2.39. The van der Waals surface area contributed by atoms with Crippen LogP contribution >= 0.6 is 0 Å². The van der Waals surface area contributed by atoms with E-state index < -0.39 is 5.41 Å². The third-order valence-electron chi connectivity index (χ3n) is 4.69. The summed E-state index contributed by atoms with van der Waals surface area (Å²) in [4.78, 5) is 25.8. The number of ketones is 2. The Labute approximate surface area is 131 Å². The van der Waals surface area contributed by atoms with E-state index in [-0.39, 0.29) is 29.0 Å². The van der Waals surface area contributed by atoms with Gasteiger partial charge in [0.15, 0.2) is 0 Å². The fourth-order valence-corrected chi connectivity index (χ4v) is 3.36. The number of carbonyl (C=O) groups is 2. The zero-order chi connectivity index (χ0) is 16.7. The minimum Gasteiger partial charge on any atom is -0.489 e. The Kier molecular flexibility index (Phi) is 4.14. The molecule has 0 amide bonds. The number of methoxy groups -OCH3 is 2. The van der Waals surface area contributed by atoms with Crippen LogP contribution in [-0.2, 0) is 19.1 Å². The highest BCUT2D eigenvalue weighted by Gasteiger charge is 2.48. The molecule has 0 saturated carbocycles. The van der Waals surface area contributed by atoms with Crippen LogP contribution in [0.25, 0.3) is 0 Å². The highest BCUT2D eigenvalue weighted by Crippen LogP contribution is 2.49. The minimum atomic E-state index is -0.545. The molecule has 0 radical (unpaired) electrons. The average Bonchev–Trinajstić information content (AvgIpc) is 2.49. The fourth-order valence-electron chi connectivity index (χ4n) is 3.36. The molecular weight excluding hydrogens is 280 g/mol. The van der Waals surface area contributed by atoms with Crippen LogP contribution in [-0.4, -0.2) is 25.8 Å². The van der Waals surface area contributed by atoms with E-state index >= 15 is 0 Å². The number of ether oxygens (including phenoxy) is 2. The van der Waals surface area contributed by atoms with Crippen molar-refractivity contribution in [3.05, 3.63) is 47.5 Å². The highest BCUT2D eigenvalue weighted by atomic mass is 16.5. The van der Waals surface area contributed by atoms with E-state index in [0.29, 0.717) is 11.1 Å². The highest BCUT2D eigenvalue weighted by molar-refractivity contribution is 6.24. The van der Waals surface area contributed by atoms with Gasteiger partial charge in [-0.15, -0.1) is 6.58 Å². The van der Waals surface area contributed by atoms with Crippen molar-refractivity contribution in [2.75, 3.05) is 14.2 Å². The second-order valence-corrected chi connectivity index (χ2v) is 6.07. The predicted octanol–water partition coefficient (Wildman–Crippen LogP) is 3.12. The molecule has 0 bridgehead atoms. The molecule has 0 fully saturated rings. The quantitative estimate of drug-likeness (QED) is 0.591. The van der Waals surface area contributed by atoms with Crippen LogP contribution in [0, 0.1) is 11.3 Å². The number of carbonyl (C=O) groups excluding carboxylic acids is 2. The smallest absolute Gasteiger partial charge is 0.228 e. The summed E-state index contributed by atoms with van der Waals surface area (Å²) in [5, 5.41) is 0. The zero-order valence-corrected chi connectivity index (χ0v) is 13.6. The van der Waals surface area contributed by atoms with Crippen molar-refractivity contribution in [3.63, 3.8) is 0 Å². The third kappa shape index (κ3) is 2.14. The van der Waals surface area contributed by atoms with Crippen molar-refractivity contribution in [3.8, 4) is 0 Å². The average molecular weight is 302 g/mol. The van der Waals surface area contributed by atoms with E-state index in [4.69, 9.17) is 9.47 Å². The molecular formula is C18H22O4. The van der Waals surface area contributed by atoms with Crippen molar-refractivity contribution < 1.29 is 19.1 Å². The molecule has 2 aliphatic rings. The summed E-state index contributed by atoms with van der Waals surface area (Å²) in [6.07, 6.45) is 3.24. The van der Waals surface area contributed by atoms with Crippen molar-refractivity contribution >= 4 is 11.6 Å². The molecule has 0 aromatic heterocycles. The lowest BCUT2D eigenvalue weighted by Gasteiger charge is -2.40. The van der Waals surface area contributed by atoms with Gasteiger partial charge in [-0.05, 0) is 19.8 Å². The molecule has 0 heterocycles. The lowest BCUT2D eigenvalue weighted by atomic mass is 9.62. The first-order valence-corrected chi connectivity index (χ1v) is 7.27. The van der Waals surface area contributed by atoms with Gasteiger partial charge in [-0.3, -0.25) is 9.59 Å². The Morgan fingerprint density at radius 2 is 1.77 bits per heavy atom. The van der Waals surface area contributed by atoms with E-state index in [1.54, 1.807) is 6.08 Å². The zero-order valence-electron chi connectivity index (χ0n) is 13.6. The maximum absolute atomic E-state index is 12.9. The van der Waals surface area contributed by atoms with E-state index in [9.17, 15) is 9.59 Å². The van der Waals surface area contributed by atoms with Crippen LogP contribution in [0.3, 0.4) is 0 Å². The largest absolute Gasteiger partial charge is 0.489 e. The van der Waals surface area contributed by atoms with Gasteiger partial charge in [-0.2, -0.15) is 0 Å². The van der Waals surface area contributed by atoms with Crippen molar-refractivity contribution in [1.29, 1.82) is 0 Å². The summed E-state index contributed by atoms with van der Waals surface area (Å²) in [6, 6.07) is 0. The number of hydrogen-bond donors (Lipinski definition) is 0. The summed E-state index contributed by atoms with van der Waals surface area (Å²) in [5.74, 6) is -0.757. The van der Waals surface area contributed by atoms with Gasteiger partial charge in [0.25, 0.3) is 0 Å². The summed E-state index contributed by atoms with van der Waals surface area (Å²) in [6.45, 7) is 11.7. The van der Waals surface area contributed by atoms with Gasteiger partial charge in [0.1, 0.15) is 0 Å². The topological polar surface area (TPSA) is 52.6 Å². The number of allylic oxidation sites excluding steroid dienone is 4. The van der Waals surface area contributed by atoms with Gasteiger partial charge in [-0.1, -0.05) is 25.2 Å². The van der Waals surface area contributed by atoms with Crippen LogP contribution in [0.1, 0.15) is 26.7 Å². The van der Waals surface area contributed by atoms with Gasteiger partial charge in [0.2, 0.25) is 23.1 Å². The predicted molar refractivity (Wildman–Crippen MR) is 83.9 cm³/mol. The van der Waals surface area contributed by atoms with E-state index in [1.807, 2.05) is 13.8 Å². The molecule has 4 heteroatoms. The molecule has 0 aromatic carbocycles. The summed E-state index contributed by atoms with van der Waals surface area (Å²) in [5.41, 5.74) is 1.29. The molecule has 2 rings (SSSR count). The van der Waals surface area contributed by atoms with Gasteiger partial charge in [0.05, 0.1) is 14.2 Å². The Hall–Kier alpha value is -2.10. The molecule has 2 aliphatic carbocycles. The molecule has 22 heavy (non-hydrogen) atoms. The Bertz CT molecular complexity index is 635.